The van der Waals surface area contributed by atoms with E-state index in [1.165, 1.54) is 7.11 Å². The number of rotatable bonds is 8. The normalized spacial score (nSPS) is 10.8. The number of benzene rings is 1. The van der Waals surface area contributed by atoms with Crippen LogP contribution in [0.5, 0.6) is 5.75 Å². The average Bonchev–Trinajstić information content (AvgIpc) is 3.13. The molecular formula is C22H26N4O3. The van der Waals surface area contributed by atoms with Gasteiger partial charge in [0.05, 0.1) is 7.11 Å². The van der Waals surface area contributed by atoms with E-state index < -0.39 is 5.97 Å². The Hall–Kier alpha value is -3.19. The van der Waals surface area contributed by atoms with Gasteiger partial charge in [0.1, 0.15) is 17.4 Å². The molecule has 0 aliphatic carbocycles. The number of aromatic nitrogens is 3. The standard InChI is InChI=1S/C22H26N4O3/c1-15-9-19(10-16(2)22(15)29-14-21(27)28-4)12-23-11-18-5-6-20(25-13-18)26-8-7-24-17(26)3/h5-10,13,23H,11-12,14H2,1-4H3. The number of aryl methyl sites for hydroxylation is 3. The lowest BCUT2D eigenvalue weighted by atomic mass is 10.1. The second kappa shape index (κ2) is 9.34. The fourth-order valence-corrected chi connectivity index (χ4v) is 3.19. The summed E-state index contributed by atoms with van der Waals surface area (Å²) in [5.41, 5.74) is 4.25. The van der Waals surface area contributed by atoms with Gasteiger partial charge in [-0.15, -0.1) is 0 Å². The second-order valence-electron chi connectivity index (χ2n) is 6.90. The first-order chi connectivity index (χ1) is 14.0. The van der Waals surface area contributed by atoms with Crippen LogP contribution >= 0.6 is 0 Å². The van der Waals surface area contributed by atoms with E-state index in [2.05, 4.69) is 38.2 Å². The fourth-order valence-electron chi connectivity index (χ4n) is 3.19. The molecule has 0 unspecified atom stereocenters. The van der Waals surface area contributed by atoms with Crippen LogP contribution in [0.25, 0.3) is 5.82 Å². The molecule has 0 amide bonds. The number of methoxy groups -OCH3 is 1. The van der Waals surface area contributed by atoms with Gasteiger partial charge < -0.3 is 14.8 Å². The van der Waals surface area contributed by atoms with Crippen molar-refractivity contribution in [3.8, 4) is 11.6 Å². The number of imidazole rings is 1. The van der Waals surface area contributed by atoms with E-state index in [0.717, 1.165) is 52.7 Å². The molecule has 3 rings (SSSR count). The monoisotopic (exact) mass is 394 g/mol. The summed E-state index contributed by atoms with van der Waals surface area (Å²) in [4.78, 5) is 20.0. The zero-order chi connectivity index (χ0) is 20.8. The Kier molecular flexibility index (Phi) is 6.61. The maximum absolute atomic E-state index is 11.3. The van der Waals surface area contributed by atoms with Crippen LogP contribution in [-0.4, -0.2) is 34.2 Å². The Morgan fingerprint density at radius 3 is 2.38 bits per heavy atom. The molecule has 3 aromatic rings. The topological polar surface area (TPSA) is 78.3 Å². The van der Waals surface area contributed by atoms with E-state index >= 15 is 0 Å². The lowest BCUT2D eigenvalue weighted by Gasteiger charge is -2.14. The van der Waals surface area contributed by atoms with Crippen molar-refractivity contribution < 1.29 is 14.3 Å². The van der Waals surface area contributed by atoms with Crippen molar-refractivity contribution in [3.63, 3.8) is 0 Å². The molecular weight excluding hydrogens is 368 g/mol. The molecule has 152 valence electrons. The number of carbonyl (C=O) groups excluding carboxylic acids is 1. The van der Waals surface area contributed by atoms with Crippen LogP contribution in [0.3, 0.4) is 0 Å². The lowest BCUT2D eigenvalue weighted by molar-refractivity contribution is -0.142. The minimum Gasteiger partial charge on any atom is -0.481 e. The maximum Gasteiger partial charge on any atom is 0.343 e. The van der Waals surface area contributed by atoms with Crippen molar-refractivity contribution in [3.05, 3.63) is 70.9 Å². The zero-order valence-electron chi connectivity index (χ0n) is 17.2. The molecule has 2 heterocycles. The van der Waals surface area contributed by atoms with Crippen LogP contribution in [0.15, 0.2) is 42.9 Å². The summed E-state index contributed by atoms with van der Waals surface area (Å²) in [6, 6.07) is 8.19. The molecule has 1 N–H and O–H groups in total. The Morgan fingerprint density at radius 1 is 1.07 bits per heavy atom. The van der Waals surface area contributed by atoms with Gasteiger partial charge in [-0.2, -0.15) is 0 Å². The van der Waals surface area contributed by atoms with E-state index in [0.29, 0.717) is 0 Å². The van der Waals surface area contributed by atoms with Crippen molar-refractivity contribution in [2.24, 2.45) is 0 Å². The minimum atomic E-state index is -0.391. The molecule has 0 aliphatic rings. The van der Waals surface area contributed by atoms with Gasteiger partial charge in [-0.25, -0.2) is 14.8 Å². The van der Waals surface area contributed by atoms with Gasteiger partial charge in [0, 0.05) is 31.7 Å². The fraction of sp³-hybridized carbons (Fsp3) is 0.318. The SMILES string of the molecule is COC(=O)COc1c(C)cc(CNCc2ccc(-n3ccnc3C)nc2)cc1C. The van der Waals surface area contributed by atoms with Crippen molar-refractivity contribution in [2.75, 3.05) is 13.7 Å². The summed E-state index contributed by atoms with van der Waals surface area (Å²) < 4.78 is 12.2. The molecule has 0 bridgehead atoms. The van der Waals surface area contributed by atoms with Gasteiger partial charge in [-0.3, -0.25) is 4.57 Å². The predicted molar refractivity (Wildman–Crippen MR) is 110 cm³/mol. The molecule has 1 aromatic carbocycles. The number of carbonyl (C=O) groups is 1. The second-order valence-corrected chi connectivity index (χ2v) is 6.90. The van der Waals surface area contributed by atoms with E-state index in [1.54, 1.807) is 6.20 Å². The third kappa shape index (κ3) is 5.20. The van der Waals surface area contributed by atoms with Gasteiger partial charge in [-0.05, 0) is 49.1 Å². The Labute approximate surface area is 170 Å². The Balaban J connectivity index is 1.56. The van der Waals surface area contributed by atoms with Crippen molar-refractivity contribution >= 4 is 5.97 Å². The van der Waals surface area contributed by atoms with Crippen LogP contribution in [0.2, 0.25) is 0 Å². The zero-order valence-corrected chi connectivity index (χ0v) is 17.2. The molecule has 0 atom stereocenters. The summed E-state index contributed by atoms with van der Waals surface area (Å²) in [5.74, 6) is 2.11. The summed E-state index contributed by atoms with van der Waals surface area (Å²) in [5, 5.41) is 3.44. The molecule has 7 heteroatoms. The van der Waals surface area contributed by atoms with E-state index in [1.807, 2.05) is 43.8 Å². The van der Waals surface area contributed by atoms with E-state index in [-0.39, 0.29) is 6.61 Å². The van der Waals surface area contributed by atoms with Crippen LogP contribution < -0.4 is 10.1 Å². The predicted octanol–water partition coefficient (Wildman–Crippen LogP) is 3.03. The lowest BCUT2D eigenvalue weighted by Crippen LogP contribution is -2.15. The number of hydrogen-bond donors (Lipinski definition) is 1. The molecule has 7 nitrogen and oxygen atoms in total. The average molecular weight is 394 g/mol. The number of nitrogens with one attached hydrogen (secondary N) is 1. The summed E-state index contributed by atoms with van der Waals surface area (Å²) in [6.07, 6.45) is 5.54. The number of esters is 1. The molecule has 0 spiro atoms. The van der Waals surface area contributed by atoms with Gasteiger partial charge >= 0.3 is 5.97 Å². The number of pyridine rings is 1. The first-order valence-electron chi connectivity index (χ1n) is 9.43. The summed E-state index contributed by atoms with van der Waals surface area (Å²) in [7, 11) is 1.35. The quantitative estimate of drug-likeness (QED) is 0.592. The van der Waals surface area contributed by atoms with Gasteiger partial charge in [-0.1, -0.05) is 18.2 Å². The van der Waals surface area contributed by atoms with E-state index in [4.69, 9.17) is 4.74 Å². The first-order valence-corrected chi connectivity index (χ1v) is 9.43. The Bertz CT molecular complexity index is 957. The highest BCUT2D eigenvalue weighted by atomic mass is 16.6. The molecule has 0 saturated carbocycles. The molecule has 2 aromatic heterocycles. The number of nitrogens with zero attached hydrogens (tertiary/aromatic N) is 3. The van der Waals surface area contributed by atoms with Crippen molar-refractivity contribution in [2.45, 2.75) is 33.9 Å². The first kappa shape index (κ1) is 20.5. The third-order valence-electron chi connectivity index (χ3n) is 4.62. The van der Waals surface area contributed by atoms with Crippen LogP contribution in [-0.2, 0) is 22.6 Å². The van der Waals surface area contributed by atoms with Gasteiger partial charge in [0.2, 0.25) is 0 Å². The largest absolute Gasteiger partial charge is 0.481 e. The molecule has 0 aliphatic heterocycles. The molecule has 0 fully saturated rings. The highest BCUT2D eigenvalue weighted by molar-refractivity contribution is 5.71. The smallest absolute Gasteiger partial charge is 0.343 e. The van der Waals surface area contributed by atoms with Crippen LogP contribution in [0, 0.1) is 20.8 Å². The number of hydrogen-bond acceptors (Lipinski definition) is 6. The highest BCUT2D eigenvalue weighted by Crippen LogP contribution is 2.25. The Morgan fingerprint density at radius 2 is 1.79 bits per heavy atom. The summed E-state index contributed by atoms with van der Waals surface area (Å²) >= 11 is 0. The molecule has 0 saturated heterocycles. The maximum atomic E-state index is 11.3. The number of ether oxygens (including phenoxy) is 2. The van der Waals surface area contributed by atoms with Crippen molar-refractivity contribution in [1.29, 1.82) is 0 Å². The third-order valence-corrected chi connectivity index (χ3v) is 4.62. The van der Waals surface area contributed by atoms with E-state index in [9.17, 15) is 4.79 Å². The van der Waals surface area contributed by atoms with Gasteiger partial charge in [0.25, 0.3) is 0 Å². The molecule has 29 heavy (non-hydrogen) atoms. The highest BCUT2D eigenvalue weighted by Gasteiger charge is 2.09. The van der Waals surface area contributed by atoms with Crippen LogP contribution in [0.1, 0.15) is 28.1 Å². The molecule has 0 radical (unpaired) electrons. The summed E-state index contributed by atoms with van der Waals surface area (Å²) in [6.45, 7) is 7.26. The van der Waals surface area contributed by atoms with Crippen molar-refractivity contribution in [1.82, 2.24) is 19.9 Å². The van der Waals surface area contributed by atoms with Crippen LogP contribution in [0.4, 0.5) is 0 Å². The van der Waals surface area contributed by atoms with Gasteiger partial charge in [0.15, 0.2) is 6.61 Å². The minimum absolute atomic E-state index is 0.0859.